The zero-order chi connectivity index (χ0) is 15.3. The molecule has 1 unspecified atom stereocenters. The molecule has 0 fully saturated rings. The topological polar surface area (TPSA) is 35.2 Å². The van der Waals surface area contributed by atoms with E-state index >= 15 is 0 Å². The van der Waals surface area contributed by atoms with Crippen molar-refractivity contribution in [3.63, 3.8) is 0 Å². The van der Waals surface area contributed by atoms with E-state index < -0.39 is 0 Å². The minimum Gasteiger partial charge on any atom is -0.380 e. The molecular formula is C18H31NO. The second kappa shape index (κ2) is 7.24. The number of aryl methyl sites for hydroxylation is 1. The van der Waals surface area contributed by atoms with Crippen LogP contribution >= 0.6 is 0 Å². The molecule has 0 heterocycles. The van der Waals surface area contributed by atoms with Gasteiger partial charge in [0.1, 0.15) is 0 Å². The molecule has 0 aliphatic rings. The standard InChI is InChI=1S/C18H31NO/c1-13(2)17-14(10-11-15(12-19)20-6)8-7-9-16(17)18(3,4)5/h7-9,13,15H,10-12,19H2,1-6H3. The van der Waals surface area contributed by atoms with Gasteiger partial charge >= 0.3 is 0 Å². The summed E-state index contributed by atoms with van der Waals surface area (Å²) in [5.74, 6) is 0.541. The molecule has 1 atom stereocenters. The summed E-state index contributed by atoms with van der Waals surface area (Å²) in [6.07, 6.45) is 2.18. The second-order valence-electron chi connectivity index (χ2n) is 6.92. The van der Waals surface area contributed by atoms with Gasteiger partial charge < -0.3 is 10.5 Å². The quantitative estimate of drug-likeness (QED) is 0.852. The highest BCUT2D eigenvalue weighted by Crippen LogP contribution is 2.33. The van der Waals surface area contributed by atoms with Gasteiger partial charge in [0.05, 0.1) is 6.10 Å². The summed E-state index contributed by atoms with van der Waals surface area (Å²) in [5.41, 5.74) is 10.3. The van der Waals surface area contributed by atoms with Gasteiger partial charge in [0, 0.05) is 13.7 Å². The highest BCUT2D eigenvalue weighted by atomic mass is 16.5. The maximum Gasteiger partial charge on any atom is 0.0696 e. The third-order valence-electron chi connectivity index (χ3n) is 3.91. The van der Waals surface area contributed by atoms with Crippen LogP contribution in [0.4, 0.5) is 0 Å². The third kappa shape index (κ3) is 4.32. The predicted molar refractivity (Wildman–Crippen MR) is 87.4 cm³/mol. The van der Waals surface area contributed by atoms with Gasteiger partial charge in [-0.1, -0.05) is 52.8 Å². The van der Waals surface area contributed by atoms with E-state index in [2.05, 4.69) is 52.8 Å². The van der Waals surface area contributed by atoms with Crippen molar-refractivity contribution >= 4 is 0 Å². The second-order valence-corrected chi connectivity index (χ2v) is 6.92. The maximum atomic E-state index is 5.72. The van der Waals surface area contributed by atoms with E-state index in [0.29, 0.717) is 12.5 Å². The van der Waals surface area contributed by atoms with Crippen LogP contribution in [0.1, 0.15) is 63.6 Å². The van der Waals surface area contributed by atoms with Gasteiger partial charge in [0.2, 0.25) is 0 Å². The molecule has 0 radical (unpaired) electrons. The number of methoxy groups -OCH3 is 1. The highest BCUT2D eigenvalue weighted by Gasteiger charge is 2.21. The fraction of sp³-hybridized carbons (Fsp3) is 0.667. The van der Waals surface area contributed by atoms with Gasteiger partial charge in [-0.15, -0.1) is 0 Å². The highest BCUT2D eigenvalue weighted by molar-refractivity contribution is 5.41. The first kappa shape index (κ1) is 17.2. The molecule has 0 spiro atoms. The van der Waals surface area contributed by atoms with E-state index in [4.69, 9.17) is 10.5 Å². The van der Waals surface area contributed by atoms with E-state index in [-0.39, 0.29) is 11.5 Å². The molecule has 20 heavy (non-hydrogen) atoms. The minimum atomic E-state index is 0.160. The predicted octanol–water partition coefficient (Wildman–Crippen LogP) is 4.01. The molecule has 0 bridgehead atoms. The van der Waals surface area contributed by atoms with Crippen LogP contribution in [0.25, 0.3) is 0 Å². The fourth-order valence-corrected chi connectivity index (χ4v) is 2.82. The van der Waals surface area contributed by atoms with E-state index in [1.165, 1.54) is 16.7 Å². The van der Waals surface area contributed by atoms with Crippen LogP contribution < -0.4 is 5.73 Å². The number of rotatable bonds is 6. The molecular weight excluding hydrogens is 246 g/mol. The van der Waals surface area contributed by atoms with E-state index in [0.717, 1.165) is 12.8 Å². The number of benzene rings is 1. The first-order chi connectivity index (χ1) is 9.31. The normalized spacial score (nSPS) is 13.8. The van der Waals surface area contributed by atoms with Crippen LogP contribution in [0.2, 0.25) is 0 Å². The van der Waals surface area contributed by atoms with Crippen LogP contribution in [0.15, 0.2) is 18.2 Å². The first-order valence-corrected chi connectivity index (χ1v) is 7.66. The summed E-state index contributed by atoms with van der Waals surface area (Å²) in [4.78, 5) is 0. The Morgan fingerprint density at radius 3 is 2.30 bits per heavy atom. The van der Waals surface area contributed by atoms with E-state index in [1.807, 2.05) is 0 Å². The lowest BCUT2D eigenvalue weighted by Gasteiger charge is -2.27. The van der Waals surface area contributed by atoms with Crippen LogP contribution in [0.5, 0.6) is 0 Å². The Morgan fingerprint density at radius 2 is 1.85 bits per heavy atom. The molecule has 0 saturated heterocycles. The van der Waals surface area contributed by atoms with Gasteiger partial charge in [0.15, 0.2) is 0 Å². The van der Waals surface area contributed by atoms with E-state index in [9.17, 15) is 0 Å². The van der Waals surface area contributed by atoms with Gasteiger partial charge in [-0.05, 0) is 40.9 Å². The zero-order valence-corrected chi connectivity index (χ0v) is 14.0. The Balaban J connectivity index is 3.07. The van der Waals surface area contributed by atoms with Crippen molar-refractivity contribution in [3.05, 3.63) is 34.9 Å². The molecule has 1 rings (SSSR count). The number of hydrogen-bond acceptors (Lipinski definition) is 2. The average Bonchev–Trinajstić information content (AvgIpc) is 2.38. The SMILES string of the molecule is COC(CN)CCc1cccc(C(C)(C)C)c1C(C)C. The molecule has 0 amide bonds. The molecule has 0 saturated carbocycles. The Bertz CT molecular complexity index is 414. The zero-order valence-electron chi connectivity index (χ0n) is 14.0. The van der Waals surface area contributed by atoms with Crippen molar-refractivity contribution in [3.8, 4) is 0 Å². The van der Waals surface area contributed by atoms with Crippen molar-refractivity contribution in [2.45, 2.75) is 64.9 Å². The summed E-state index contributed by atoms with van der Waals surface area (Å²) in [6, 6.07) is 6.72. The molecule has 2 N–H and O–H groups in total. The molecule has 2 heteroatoms. The van der Waals surface area contributed by atoms with Gasteiger partial charge in [-0.3, -0.25) is 0 Å². The molecule has 1 aromatic rings. The van der Waals surface area contributed by atoms with Crippen molar-refractivity contribution in [2.24, 2.45) is 5.73 Å². The lowest BCUT2D eigenvalue weighted by molar-refractivity contribution is 0.102. The molecule has 114 valence electrons. The van der Waals surface area contributed by atoms with Crippen LogP contribution in [-0.4, -0.2) is 19.8 Å². The first-order valence-electron chi connectivity index (χ1n) is 7.66. The van der Waals surface area contributed by atoms with Gasteiger partial charge in [-0.2, -0.15) is 0 Å². The van der Waals surface area contributed by atoms with Crippen LogP contribution in [0, 0.1) is 0 Å². The number of nitrogens with two attached hydrogens (primary N) is 1. The summed E-state index contributed by atoms with van der Waals surface area (Å²) in [5, 5.41) is 0. The van der Waals surface area contributed by atoms with E-state index in [1.54, 1.807) is 7.11 Å². The summed E-state index contributed by atoms with van der Waals surface area (Å²) >= 11 is 0. The largest absolute Gasteiger partial charge is 0.380 e. The summed E-state index contributed by atoms with van der Waals surface area (Å²) < 4.78 is 5.39. The van der Waals surface area contributed by atoms with Crippen molar-refractivity contribution < 1.29 is 4.74 Å². The average molecular weight is 277 g/mol. The van der Waals surface area contributed by atoms with Crippen molar-refractivity contribution in [1.82, 2.24) is 0 Å². The maximum absolute atomic E-state index is 5.72. The summed E-state index contributed by atoms with van der Waals surface area (Å²) in [6.45, 7) is 12.0. The van der Waals surface area contributed by atoms with Crippen LogP contribution in [0.3, 0.4) is 0 Å². The van der Waals surface area contributed by atoms with Gasteiger partial charge in [0.25, 0.3) is 0 Å². The number of hydrogen-bond donors (Lipinski definition) is 1. The fourth-order valence-electron chi connectivity index (χ4n) is 2.82. The molecule has 2 nitrogen and oxygen atoms in total. The molecule has 0 aliphatic carbocycles. The minimum absolute atomic E-state index is 0.160. The van der Waals surface area contributed by atoms with Crippen LogP contribution in [-0.2, 0) is 16.6 Å². The Labute approximate surface area is 124 Å². The Morgan fingerprint density at radius 1 is 1.20 bits per heavy atom. The molecule has 0 aliphatic heterocycles. The van der Waals surface area contributed by atoms with Gasteiger partial charge in [-0.25, -0.2) is 0 Å². The van der Waals surface area contributed by atoms with Crippen molar-refractivity contribution in [2.75, 3.05) is 13.7 Å². The third-order valence-corrected chi connectivity index (χ3v) is 3.91. The van der Waals surface area contributed by atoms with Crippen molar-refractivity contribution in [1.29, 1.82) is 0 Å². The Kier molecular flexibility index (Phi) is 6.22. The molecule has 0 aromatic heterocycles. The Hall–Kier alpha value is -0.860. The molecule has 1 aromatic carbocycles. The monoisotopic (exact) mass is 277 g/mol. The lowest BCUT2D eigenvalue weighted by Crippen LogP contribution is -2.23. The smallest absolute Gasteiger partial charge is 0.0696 e. The lowest BCUT2D eigenvalue weighted by atomic mass is 9.78. The summed E-state index contributed by atoms with van der Waals surface area (Å²) in [7, 11) is 1.74. The number of ether oxygens (including phenoxy) is 1.